The molecule has 1 atom stereocenters. The van der Waals surface area contributed by atoms with Gasteiger partial charge in [-0.25, -0.2) is 0 Å². The molecule has 2 heteroatoms. The van der Waals surface area contributed by atoms with E-state index in [2.05, 4.69) is 31.1 Å². The quantitative estimate of drug-likeness (QED) is 0.753. The van der Waals surface area contributed by atoms with Crippen molar-refractivity contribution in [2.75, 3.05) is 20.6 Å². The Kier molecular flexibility index (Phi) is 5.62. The molecule has 0 saturated heterocycles. The molecule has 1 N–H and O–H groups in total. The summed E-state index contributed by atoms with van der Waals surface area (Å²) < 4.78 is 0. The highest BCUT2D eigenvalue weighted by atomic mass is 15.2. The molecule has 0 amide bonds. The van der Waals surface area contributed by atoms with Crippen molar-refractivity contribution in [1.82, 2.24) is 10.2 Å². The molecular formula is C13H28N2. The van der Waals surface area contributed by atoms with Gasteiger partial charge in [-0.1, -0.05) is 6.92 Å². The van der Waals surface area contributed by atoms with Crippen LogP contribution in [0, 0.1) is 5.92 Å². The third-order valence-electron chi connectivity index (χ3n) is 4.07. The SMILES string of the molecule is CNCCC(C)N(C)C1CCC(C)CC1. The summed E-state index contributed by atoms with van der Waals surface area (Å²) in [4.78, 5) is 2.60. The van der Waals surface area contributed by atoms with E-state index in [-0.39, 0.29) is 0 Å². The van der Waals surface area contributed by atoms with Gasteiger partial charge in [-0.3, -0.25) is 0 Å². The topological polar surface area (TPSA) is 15.3 Å². The molecule has 1 saturated carbocycles. The smallest absolute Gasteiger partial charge is 0.00952 e. The molecule has 0 bridgehead atoms. The zero-order valence-corrected chi connectivity index (χ0v) is 10.9. The van der Waals surface area contributed by atoms with Crippen molar-refractivity contribution in [1.29, 1.82) is 0 Å². The number of hydrogen-bond acceptors (Lipinski definition) is 2. The van der Waals surface area contributed by atoms with Crippen LogP contribution in [0.4, 0.5) is 0 Å². The van der Waals surface area contributed by atoms with E-state index in [1.54, 1.807) is 0 Å². The van der Waals surface area contributed by atoms with Gasteiger partial charge in [-0.05, 0) is 65.6 Å². The summed E-state index contributed by atoms with van der Waals surface area (Å²) in [6.07, 6.45) is 6.92. The van der Waals surface area contributed by atoms with Crippen molar-refractivity contribution in [2.45, 2.75) is 58.0 Å². The molecule has 0 aliphatic heterocycles. The van der Waals surface area contributed by atoms with Crippen LogP contribution in [0.5, 0.6) is 0 Å². The van der Waals surface area contributed by atoms with Crippen LogP contribution in [0.25, 0.3) is 0 Å². The maximum absolute atomic E-state index is 3.24. The molecule has 0 aromatic carbocycles. The van der Waals surface area contributed by atoms with Crippen molar-refractivity contribution >= 4 is 0 Å². The molecule has 0 heterocycles. The van der Waals surface area contributed by atoms with Crippen molar-refractivity contribution in [2.24, 2.45) is 5.92 Å². The Morgan fingerprint density at radius 3 is 2.40 bits per heavy atom. The number of hydrogen-bond donors (Lipinski definition) is 1. The minimum Gasteiger partial charge on any atom is -0.320 e. The van der Waals surface area contributed by atoms with Crippen LogP contribution in [0.15, 0.2) is 0 Å². The first-order valence-corrected chi connectivity index (χ1v) is 6.51. The fraction of sp³-hybridized carbons (Fsp3) is 1.00. The van der Waals surface area contributed by atoms with Gasteiger partial charge in [0, 0.05) is 12.1 Å². The monoisotopic (exact) mass is 212 g/mol. The number of rotatable bonds is 5. The van der Waals surface area contributed by atoms with Crippen LogP contribution in [0.1, 0.15) is 46.0 Å². The fourth-order valence-corrected chi connectivity index (χ4v) is 2.57. The molecular weight excluding hydrogens is 184 g/mol. The lowest BCUT2D eigenvalue weighted by Gasteiger charge is -2.37. The standard InChI is InChI=1S/C13H28N2/c1-11-5-7-13(8-6-11)15(4)12(2)9-10-14-3/h11-14H,5-10H2,1-4H3. The van der Waals surface area contributed by atoms with Gasteiger partial charge in [0.2, 0.25) is 0 Å². The highest BCUT2D eigenvalue weighted by molar-refractivity contribution is 4.79. The third-order valence-corrected chi connectivity index (χ3v) is 4.07. The zero-order chi connectivity index (χ0) is 11.3. The lowest BCUT2D eigenvalue weighted by Crippen LogP contribution is -2.41. The molecule has 1 unspecified atom stereocenters. The summed E-state index contributed by atoms with van der Waals surface area (Å²) >= 11 is 0. The van der Waals surface area contributed by atoms with Crippen LogP contribution in [-0.4, -0.2) is 37.6 Å². The van der Waals surface area contributed by atoms with Crippen molar-refractivity contribution in [3.63, 3.8) is 0 Å². The lowest BCUT2D eigenvalue weighted by molar-refractivity contribution is 0.126. The van der Waals surface area contributed by atoms with Crippen molar-refractivity contribution < 1.29 is 0 Å². The number of nitrogens with zero attached hydrogens (tertiary/aromatic N) is 1. The largest absolute Gasteiger partial charge is 0.320 e. The van der Waals surface area contributed by atoms with Gasteiger partial charge in [-0.15, -0.1) is 0 Å². The van der Waals surface area contributed by atoms with Crippen molar-refractivity contribution in [3.8, 4) is 0 Å². The van der Waals surface area contributed by atoms with E-state index >= 15 is 0 Å². The lowest BCUT2D eigenvalue weighted by atomic mass is 9.86. The predicted molar refractivity (Wildman–Crippen MR) is 67.2 cm³/mol. The van der Waals surface area contributed by atoms with Crippen LogP contribution in [0.2, 0.25) is 0 Å². The molecule has 1 rings (SSSR count). The average Bonchev–Trinajstić information content (AvgIpc) is 2.26. The summed E-state index contributed by atoms with van der Waals surface area (Å²) in [5, 5.41) is 3.24. The van der Waals surface area contributed by atoms with Crippen LogP contribution < -0.4 is 5.32 Å². The third kappa shape index (κ3) is 4.12. The predicted octanol–water partition coefficient (Wildman–Crippen LogP) is 2.49. The highest BCUT2D eigenvalue weighted by Gasteiger charge is 2.24. The van der Waals surface area contributed by atoms with Gasteiger partial charge in [0.1, 0.15) is 0 Å². The average molecular weight is 212 g/mol. The summed E-state index contributed by atoms with van der Waals surface area (Å²) in [6.45, 7) is 5.88. The normalized spacial score (nSPS) is 29.4. The second kappa shape index (κ2) is 6.49. The summed E-state index contributed by atoms with van der Waals surface area (Å²) in [5.41, 5.74) is 0. The highest BCUT2D eigenvalue weighted by Crippen LogP contribution is 2.27. The van der Waals surface area contributed by atoms with E-state index in [1.165, 1.54) is 32.1 Å². The molecule has 1 aliphatic rings. The molecule has 0 spiro atoms. The molecule has 0 radical (unpaired) electrons. The van der Waals surface area contributed by atoms with Gasteiger partial charge in [0.25, 0.3) is 0 Å². The summed E-state index contributed by atoms with van der Waals surface area (Å²) in [7, 11) is 4.34. The Balaban J connectivity index is 2.29. The fourth-order valence-electron chi connectivity index (χ4n) is 2.57. The second-order valence-corrected chi connectivity index (χ2v) is 5.32. The Morgan fingerprint density at radius 2 is 1.87 bits per heavy atom. The Labute approximate surface area is 95.4 Å². The van der Waals surface area contributed by atoms with Gasteiger partial charge < -0.3 is 10.2 Å². The Bertz CT molecular complexity index is 162. The van der Waals surface area contributed by atoms with E-state index in [0.29, 0.717) is 0 Å². The molecule has 0 aromatic heterocycles. The summed E-state index contributed by atoms with van der Waals surface area (Å²) in [6, 6.07) is 1.56. The van der Waals surface area contributed by atoms with Crippen LogP contribution in [0.3, 0.4) is 0 Å². The second-order valence-electron chi connectivity index (χ2n) is 5.32. The molecule has 1 fully saturated rings. The van der Waals surface area contributed by atoms with E-state index in [1.807, 2.05) is 7.05 Å². The van der Waals surface area contributed by atoms with E-state index in [9.17, 15) is 0 Å². The molecule has 0 aromatic rings. The summed E-state index contributed by atoms with van der Waals surface area (Å²) in [5.74, 6) is 0.960. The van der Waals surface area contributed by atoms with Gasteiger partial charge in [0.05, 0.1) is 0 Å². The molecule has 1 aliphatic carbocycles. The van der Waals surface area contributed by atoms with E-state index in [0.717, 1.165) is 24.5 Å². The first kappa shape index (κ1) is 13.0. The minimum atomic E-state index is 0.718. The first-order chi connectivity index (χ1) is 7.15. The molecule has 15 heavy (non-hydrogen) atoms. The van der Waals surface area contributed by atoms with E-state index in [4.69, 9.17) is 0 Å². The minimum absolute atomic E-state index is 0.718. The Hall–Kier alpha value is -0.0800. The molecule has 2 nitrogen and oxygen atoms in total. The van der Waals surface area contributed by atoms with E-state index < -0.39 is 0 Å². The maximum atomic E-state index is 3.24. The van der Waals surface area contributed by atoms with Gasteiger partial charge in [-0.2, -0.15) is 0 Å². The van der Waals surface area contributed by atoms with Gasteiger partial charge in [0.15, 0.2) is 0 Å². The van der Waals surface area contributed by atoms with Crippen LogP contribution >= 0.6 is 0 Å². The first-order valence-electron chi connectivity index (χ1n) is 6.51. The molecule has 90 valence electrons. The van der Waals surface area contributed by atoms with Crippen molar-refractivity contribution in [3.05, 3.63) is 0 Å². The van der Waals surface area contributed by atoms with Gasteiger partial charge >= 0.3 is 0 Å². The maximum Gasteiger partial charge on any atom is 0.00952 e. The Morgan fingerprint density at radius 1 is 1.27 bits per heavy atom. The van der Waals surface area contributed by atoms with Crippen LogP contribution in [-0.2, 0) is 0 Å². The zero-order valence-electron chi connectivity index (χ0n) is 10.9. The number of nitrogens with one attached hydrogen (secondary N) is 1.